The van der Waals surface area contributed by atoms with Crippen LogP contribution >= 0.6 is 11.3 Å². The van der Waals surface area contributed by atoms with Crippen molar-refractivity contribution in [2.75, 3.05) is 18.4 Å². The first-order chi connectivity index (χ1) is 15.4. The molecule has 1 atom stereocenters. The fourth-order valence-corrected chi connectivity index (χ4v) is 4.93. The number of aryl methyl sites for hydroxylation is 3. The molecule has 2 amide bonds. The molecule has 1 saturated heterocycles. The lowest BCUT2D eigenvalue weighted by Crippen LogP contribution is -2.43. The van der Waals surface area contributed by atoms with Crippen LogP contribution < -0.4 is 5.32 Å². The maximum Gasteiger partial charge on any atom is 0.265 e. The molecule has 1 aliphatic heterocycles. The highest BCUT2D eigenvalue weighted by atomic mass is 32.1. The van der Waals surface area contributed by atoms with Crippen LogP contribution in [0.1, 0.15) is 46.3 Å². The van der Waals surface area contributed by atoms with E-state index in [0.717, 1.165) is 41.1 Å². The molecule has 3 heterocycles. The summed E-state index contributed by atoms with van der Waals surface area (Å²) < 4.78 is 0. The summed E-state index contributed by atoms with van der Waals surface area (Å²) in [6.45, 7) is 7.03. The third-order valence-corrected chi connectivity index (χ3v) is 7.04. The molecule has 0 spiro atoms. The standard InChI is InChI=1S/C25H28N4O2S/c1-4-18-8-10-19(11-9-18)24-27-17(3)22(32-24)25(31)29-13-5-6-20(15-29)23(30)28-21-12-7-16(2)14-26-21/h7-12,14,20H,4-6,13,15H2,1-3H3,(H,26,28,30). The van der Waals surface area contributed by atoms with E-state index in [1.165, 1.54) is 16.9 Å². The largest absolute Gasteiger partial charge is 0.337 e. The van der Waals surface area contributed by atoms with Crippen molar-refractivity contribution in [1.29, 1.82) is 0 Å². The molecule has 32 heavy (non-hydrogen) atoms. The Balaban J connectivity index is 1.45. The Kier molecular flexibility index (Phi) is 6.65. The smallest absolute Gasteiger partial charge is 0.265 e. The summed E-state index contributed by atoms with van der Waals surface area (Å²) in [5.74, 6) is 0.171. The average Bonchev–Trinajstić information content (AvgIpc) is 3.21. The summed E-state index contributed by atoms with van der Waals surface area (Å²) in [5.41, 5.74) is 4.08. The van der Waals surface area contributed by atoms with Crippen LogP contribution in [0.5, 0.6) is 0 Å². The van der Waals surface area contributed by atoms with E-state index in [2.05, 4.69) is 46.5 Å². The van der Waals surface area contributed by atoms with E-state index in [0.29, 0.717) is 23.8 Å². The summed E-state index contributed by atoms with van der Waals surface area (Å²) in [5, 5.41) is 3.74. The third kappa shape index (κ3) is 4.88. The lowest BCUT2D eigenvalue weighted by Gasteiger charge is -2.31. The van der Waals surface area contributed by atoms with Crippen LogP contribution in [0.25, 0.3) is 10.6 Å². The minimum Gasteiger partial charge on any atom is -0.337 e. The number of nitrogens with one attached hydrogen (secondary N) is 1. The van der Waals surface area contributed by atoms with E-state index < -0.39 is 0 Å². The van der Waals surface area contributed by atoms with E-state index in [1.807, 2.05) is 19.9 Å². The second kappa shape index (κ2) is 9.61. The monoisotopic (exact) mass is 448 g/mol. The molecule has 0 saturated carbocycles. The van der Waals surface area contributed by atoms with Crippen LogP contribution in [-0.2, 0) is 11.2 Å². The molecule has 1 unspecified atom stereocenters. The molecule has 1 aromatic carbocycles. The van der Waals surface area contributed by atoms with E-state index >= 15 is 0 Å². The first-order valence-corrected chi connectivity index (χ1v) is 11.9. The van der Waals surface area contributed by atoms with Crippen molar-refractivity contribution >= 4 is 29.0 Å². The Labute approximate surface area is 192 Å². The molecule has 1 fully saturated rings. The lowest BCUT2D eigenvalue weighted by molar-refractivity contribution is -0.121. The first kappa shape index (κ1) is 22.1. The topological polar surface area (TPSA) is 75.2 Å². The van der Waals surface area contributed by atoms with Crippen LogP contribution in [0.4, 0.5) is 5.82 Å². The predicted octanol–water partition coefficient (Wildman–Crippen LogP) is 4.88. The van der Waals surface area contributed by atoms with Crippen LogP contribution in [-0.4, -0.2) is 39.8 Å². The van der Waals surface area contributed by atoms with E-state index in [1.54, 1.807) is 17.2 Å². The van der Waals surface area contributed by atoms with Crippen molar-refractivity contribution in [3.63, 3.8) is 0 Å². The van der Waals surface area contributed by atoms with E-state index in [-0.39, 0.29) is 17.7 Å². The summed E-state index contributed by atoms with van der Waals surface area (Å²) in [6.07, 6.45) is 4.28. The van der Waals surface area contributed by atoms with Gasteiger partial charge in [0.2, 0.25) is 5.91 Å². The molecular formula is C25H28N4O2S. The Hall–Kier alpha value is -3.06. The van der Waals surface area contributed by atoms with E-state index in [9.17, 15) is 9.59 Å². The third-order valence-electron chi connectivity index (χ3n) is 5.84. The van der Waals surface area contributed by atoms with Gasteiger partial charge in [-0.2, -0.15) is 0 Å². The second-order valence-electron chi connectivity index (χ2n) is 8.28. The van der Waals surface area contributed by atoms with Gasteiger partial charge >= 0.3 is 0 Å². The molecule has 6 nitrogen and oxygen atoms in total. The minimum absolute atomic E-state index is 0.0395. The SMILES string of the molecule is CCc1ccc(-c2nc(C)c(C(=O)N3CCCC(C(=O)Nc4ccc(C)cn4)C3)s2)cc1. The van der Waals surface area contributed by atoms with Crippen molar-refractivity contribution < 1.29 is 9.59 Å². The van der Waals surface area contributed by atoms with Crippen LogP contribution in [0.3, 0.4) is 0 Å². The number of likely N-dealkylation sites (tertiary alicyclic amines) is 1. The Morgan fingerprint density at radius 1 is 1.16 bits per heavy atom. The van der Waals surface area contributed by atoms with Crippen LogP contribution in [0.2, 0.25) is 0 Å². The number of carbonyl (C=O) groups excluding carboxylic acids is 2. The van der Waals surface area contributed by atoms with Gasteiger partial charge in [-0.3, -0.25) is 9.59 Å². The number of pyridine rings is 1. The van der Waals surface area contributed by atoms with Gasteiger partial charge in [-0.05, 0) is 50.3 Å². The van der Waals surface area contributed by atoms with Crippen LogP contribution in [0, 0.1) is 19.8 Å². The number of amides is 2. The molecule has 4 rings (SSSR count). The van der Waals surface area contributed by atoms with Gasteiger partial charge in [0.05, 0.1) is 11.6 Å². The summed E-state index contributed by atoms with van der Waals surface area (Å²) in [7, 11) is 0. The normalized spacial score (nSPS) is 16.1. The van der Waals surface area contributed by atoms with Gasteiger partial charge in [-0.25, -0.2) is 9.97 Å². The zero-order valence-electron chi connectivity index (χ0n) is 18.7. The van der Waals surface area contributed by atoms with Gasteiger partial charge < -0.3 is 10.2 Å². The lowest BCUT2D eigenvalue weighted by atomic mass is 9.97. The number of hydrogen-bond acceptors (Lipinski definition) is 5. The van der Waals surface area contributed by atoms with Gasteiger partial charge in [-0.1, -0.05) is 37.3 Å². The van der Waals surface area contributed by atoms with Crippen LogP contribution in [0.15, 0.2) is 42.6 Å². The average molecular weight is 449 g/mol. The van der Waals surface area contributed by atoms with Gasteiger partial charge in [-0.15, -0.1) is 11.3 Å². The van der Waals surface area contributed by atoms with Crippen molar-refractivity contribution in [3.05, 3.63) is 64.3 Å². The number of benzene rings is 1. The Bertz CT molecular complexity index is 1110. The van der Waals surface area contributed by atoms with Crippen molar-refractivity contribution in [2.45, 2.75) is 40.0 Å². The molecule has 1 N–H and O–H groups in total. The molecular weight excluding hydrogens is 420 g/mol. The number of anilines is 1. The highest BCUT2D eigenvalue weighted by Gasteiger charge is 2.31. The molecule has 1 aliphatic rings. The highest BCUT2D eigenvalue weighted by molar-refractivity contribution is 7.17. The fourth-order valence-electron chi connectivity index (χ4n) is 3.89. The quantitative estimate of drug-likeness (QED) is 0.604. The number of aromatic nitrogens is 2. The van der Waals surface area contributed by atoms with Crippen molar-refractivity contribution in [3.8, 4) is 10.6 Å². The number of thiazole rings is 1. The number of piperidine rings is 1. The van der Waals surface area contributed by atoms with Crippen molar-refractivity contribution in [1.82, 2.24) is 14.9 Å². The second-order valence-corrected chi connectivity index (χ2v) is 9.28. The number of nitrogens with zero attached hydrogens (tertiary/aromatic N) is 3. The molecule has 2 aromatic heterocycles. The molecule has 3 aromatic rings. The van der Waals surface area contributed by atoms with Gasteiger partial charge in [0.15, 0.2) is 0 Å². The predicted molar refractivity (Wildman–Crippen MR) is 128 cm³/mol. The molecule has 0 bridgehead atoms. The van der Waals surface area contributed by atoms with Crippen molar-refractivity contribution in [2.24, 2.45) is 5.92 Å². The number of rotatable bonds is 5. The first-order valence-electron chi connectivity index (χ1n) is 11.0. The Morgan fingerprint density at radius 2 is 1.94 bits per heavy atom. The number of hydrogen-bond donors (Lipinski definition) is 1. The molecule has 0 radical (unpaired) electrons. The van der Waals surface area contributed by atoms with E-state index in [4.69, 9.17) is 0 Å². The number of carbonyl (C=O) groups is 2. The molecule has 166 valence electrons. The summed E-state index contributed by atoms with van der Waals surface area (Å²) in [4.78, 5) is 37.4. The van der Waals surface area contributed by atoms with Gasteiger partial charge in [0.25, 0.3) is 5.91 Å². The zero-order valence-corrected chi connectivity index (χ0v) is 19.5. The highest BCUT2D eigenvalue weighted by Crippen LogP contribution is 2.30. The molecule has 0 aliphatic carbocycles. The summed E-state index contributed by atoms with van der Waals surface area (Å²) >= 11 is 1.43. The van der Waals surface area contributed by atoms with Gasteiger partial charge in [0, 0.05) is 24.8 Å². The summed E-state index contributed by atoms with van der Waals surface area (Å²) in [6, 6.07) is 12.0. The maximum atomic E-state index is 13.3. The van der Waals surface area contributed by atoms with Gasteiger partial charge in [0.1, 0.15) is 15.7 Å². The Morgan fingerprint density at radius 3 is 2.62 bits per heavy atom. The fraction of sp³-hybridized carbons (Fsp3) is 0.360. The zero-order chi connectivity index (χ0) is 22.7. The maximum absolute atomic E-state index is 13.3. The molecule has 7 heteroatoms. The minimum atomic E-state index is -0.245.